The maximum absolute atomic E-state index is 13.2. The Balaban J connectivity index is 2.14. The third kappa shape index (κ3) is 9.68. The van der Waals surface area contributed by atoms with Crippen LogP contribution in [0.25, 0.3) is 0 Å². The first-order valence-corrected chi connectivity index (χ1v) is 13.2. The Kier molecular flexibility index (Phi) is 12.0. The van der Waals surface area contributed by atoms with Crippen molar-refractivity contribution in [1.29, 1.82) is 0 Å². The molecule has 0 saturated carbocycles. The number of benzene rings is 1. The third-order valence-corrected chi connectivity index (χ3v) is 6.27. The number of thioether (sulfide) groups is 1. The number of carbonyl (C=O) groups is 4. The molecule has 0 fully saturated rings. The average Bonchev–Trinajstić information content (AvgIpc) is 3.38. The van der Waals surface area contributed by atoms with E-state index in [-0.39, 0.29) is 25.0 Å². The third-order valence-electron chi connectivity index (χ3n) is 5.63. The summed E-state index contributed by atoms with van der Waals surface area (Å²) in [6.07, 6.45) is 3.55. The van der Waals surface area contributed by atoms with Crippen LogP contribution < -0.4 is 21.7 Å². The van der Waals surface area contributed by atoms with E-state index in [9.17, 15) is 34.5 Å². The molecule has 9 N–H and O–H groups in total. The predicted molar refractivity (Wildman–Crippen MR) is 140 cm³/mol. The molecule has 2 aromatic rings. The highest BCUT2D eigenvalue weighted by molar-refractivity contribution is 7.98. The van der Waals surface area contributed by atoms with Crippen LogP contribution in [0.15, 0.2) is 36.8 Å². The zero-order valence-corrected chi connectivity index (χ0v) is 21.9. The lowest BCUT2D eigenvalue weighted by Gasteiger charge is -2.26. The number of carboxylic acids is 1. The van der Waals surface area contributed by atoms with Crippen LogP contribution >= 0.6 is 11.8 Å². The van der Waals surface area contributed by atoms with E-state index in [1.54, 1.807) is 18.4 Å². The van der Waals surface area contributed by atoms with Gasteiger partial charge < -0.3 is 42.0 Å². The Labute approximate surface area is 224 Å². The van der Waals surface area contributed by atoms with Crippen LogP contribution in [0.4, 0.5) is 0 Å². The van der Waals surface area contributed by atoms with Gasteiger partial charge in [-0.25, -0.2) is 9.78 Å². The van der Waals surface area contributed by atoms with Crippen molar-refractivity contribution in [3.8, 4) is 5.75 Å². The van der Waals surface area contributed by atoms with E-state index >= 15 is 0 Å². The van der Waals surface area contributed by atoms with Crippen LogP contribution in [0.3, 0.4) is 0 Å². The van der Waals surface area contributed by atoms with E-state index in [1.807, 2.05) is 0 Å². The molecule has 5 atom stereocenters. The number of aliphatic carboxylic acids is 1. The molecule has 0 saturated heterocycles. The van der Waals surface area contributed by atoms with Crippen molar-refractivity contribution < 1.29 is 34.5 Å². The highest BCUT2D eigenvalue weighted by Crippen LogP contribution is 2.11. The van der Waals surface area contributed by atoms with Crippen molar-refractivity contribution in [2.24, 2.45) is 5.73 Å². The second-order valence-corrected chi connectivity index (χ2v) is 9.71. The van der Waals surface area contributed by atoms with E-state index < -0.39 is 54.0 Å². The van der Waals surface area contributed by atoms with E-state index in [0.717, 1.165) is 0 Å². The molecule has 0 aliphatic carbocycles. The Morgan fingerprint density at radius 1 is 1.03 bits per heavy atom. The van der Waals surface area contributed by atoms with Gasteiger partial charge in [0.25, 0.3) is 0 Å². The number of nitrogens with two attached hydrogens (primary N) is 1. The standard InChI is InChI=1S/C24H34N6O7S/c1-13(31)20(23(35)28-18(24(36)37)7-8-38-2)30-22(34)19(10-15-11-26-12-27-15)29-21(33)17(25)9-14-3-5-16(32)6-4-14/h3-6,11-13,17-20,31-32H,7-10,25H2,1-2H3,(H,26,27)(H,28,35)(H,29,33)(H,30,34)(H,36,37). The molecule has 13 nitrogen and oxygen atoms in total. The average molecular weight is 551 g/mol. The van der Waals surface area contributed by atoms with E-state index in [0.29, 0.717) is 17.0 Å². The largest absolute Gasteiger partial charge is 0.508 e. The molecule has 0 aliphatic rings. The number of rotatable bonds is 15. The van der Waals surface area contributed by atoms with Gasteiger partial charge in [-0.15, -0.1) is 0 Å². The molecule has 1 aromatic carbocycles. The normalized spacial score (nSPS) is 14.9. The van der Waals surface area contributed by atoms with Crippen LogP contribution in [0.1, 0.15) is 24.6 Å². The molecule has 5 unspecified atom stereocenters. The van der Waals surface area contributed by atoms with Gasteiger partial charge in [0.05, 0.1) is 18.5 Å². The molecule has 14 heteroatoms. The summed E-state index contributed by atoms with van der Waals surface area (Å²) in [7, 11) is 0. The number of H-pyrrole nitrogens is 1. The lowest BCUT2D eigenvalue weighted by molar-refractivity contribution is -0.143. The molecular weight excluding hydrogens is 516 g/mol. The Bertz CT molecular complexity index is 1060. The molecule has 0 bridgehead atoms. The maximum atomic E-state index is 13.2. The Morgan fingerprint density at radius 3 is 2.24 bits per heavy atom. The molecule has 0 aliphatic heterocycles. The molecule has 1 heterocycles. The first-order chi connectivity index (χ1) is 18.0. The van der Waals surface area contributed by atoms with Crippen molar-refractivity contribution in [1.82, 2.24) is 25.9 Å². The molecule has 3 amide bonds. The van der Waals surface area contributed by atoms with Gasteiger partial charge in [-0.05, 0) is 49.5 Å². The van der Waals surface area contributed by atoms with Crippen LogP contribution in [0, 0.1) is 0 Å². The van der Waals surface area contributed by atoms with Crippen LogP contribution in [0.2, 0.25) is 0 Å². The van der Waals surface area contributed by atoms with Crippen LogP contribution in [0.5, 0.6) is 5.75 Å². The van der Waals surface area contributed by atoms with Crippen LogP contribution in [-0.4, -0.2) is 91.3 Å². The summed E-state index contributed by atoms with van der Waals surface area (Å²) in [5.74, 6) is -3.00. The highest BCUT2D eigenvalue weighted by Gasteiger charge is 2.33. The zero-order valence-electron chi connectivity index (χ0n) is 21.1. The minimum atomic E-state index is -1.48. The number of phenolic OH excluding ortho intramolecular Hbond substituents is 1. The number of imidazole rings is 1. The SMILES string of the molecule is CSCCC(NC(=O)C(NC(=O)C(Cc1cnc[nH]1)NC(=O)C(N)Cc1ccc(O)cc1)C(C)O)C(=O)O. The number of aliphatic hydroxyl groups is 1. The van der Waals surface area contributed by atoms with E-state index in [4.69, 9.17) is 5.73 Å². The van der Waals surface area contributed by atoms with Crippen molar-refractivity contribution in [2.75, 3.05) is 12.0 Å². The number of carboxylic acid groups (broad SMARTS) is 1. The molecule has 208 valence electrons. The number of nitrogens with one attached hydrogen (secondary N) is 4. The number of aromatic nitrogens is 2. The maximum Gasteiger partial charge on any atom is 0.326 e. The van der Waals surface area contributed by atoms with Gasteiger partial charge in [0.15, 0.2) is 0 Å². The molecule has 38 heavy (non-hydrogen) atoms. The monoisotopic (exact) mass is 550 g/mol. The second kappa shape index (κ2) is 15.0. The number of hydrogen-bond acceptors (Lipinski definition) is 9. The number of aromatic hydroxyl groups is 1. The number of amides is 3. The summed E-state index contributed by atoms with van der Waals surface area (Å²) >= 11 is 1.41. The molecule has 2 rings (SSSR count). The first kappa shape index (κ1) is 30.6. The minimum Gasteiger partial charge on any atom is -0.508 e. The number of nitrogens with zero attached hydrogens (tertiary/aromatic N) is 1. The smallest absolute Gasteiger partial charge is 0.326 e. The van der Waals surface area contributed by atoms with Crippen LogP contribution in [-0.2, 0) is 32.0 Å². The number of carbonyl (C=O) groups excluding carboxylic acids is 3. The summed E-state index contributed by atoms with van der Waals surface area (Å²) in [6, 6.07) is 1.25. The van der Waals surface area contributed by atoms with Gasteiger partial charge in [0.1, 0.15) is 23.9 Å². The van der Waals surface area contributed by atoms with Crippen molar-refractivity contribution in [3.05, 3.63) is 48.0 Å². The summed E-state index contributed by atoms with van der Waals surface area (Å²) in [5.41, 5.74) is 7.25. The van der Waals surface area contributed by atoms with Gasteiger partial charge >= 0.3 is 5.97 Å². The number of phenols is 1. The van der Waals surface area contributed by atoms with E-state index in [1.165, 1.54) is 43.3 Å². The fourth-order valence-corrected chi connectivity index (χ4v) is 3.97. The number of aromatic amines is 1. The quantitative estimate of drug-likeness (QED) is 0.134. The molecule has 0 spiro atoms. The summed E-state index contributed by atoms with van der Waals surface area (Å²) in [6.45, 7) is 1.28. The fourth-order valence-electron chi connectivity index (χ4n) is 3.50. The summed E-state index contributed by atoms with van der Waals surface area (Å²) in [5, 5.41) is 36.3. The second-order valence-electron chi connectivity index (χ2n) is 8.73. The molecule has 1 aromatic heterocycles. The van der Waals surface area contributed by atoms with E-state index in [2.05, 4.69) is 25.9 Å². The lowest BCUT2D eigenvalue weighted by Crippen LogP contribution is -2.60. The Hall–Kier alpha value is -3.62. The lowest BCUT2D eigenvalue weighted by atomic mass is 10.0. The van der Waals surface area contributed by atoms with Gasteiger partial charge in [0.2, 0.25) is 17.7 Å². The van der Waals surface area contributed by atoms with Gasteiger partial charge in [-0.3, -0.25) is 14.4 Å². The molecular formula is C24H34N6O7S. The van der Waals surface area contributed by atoms with Crippen molar-refractivity contribution in [3.63, 3.8) is 0 Å². The first-order valence-electron chi connectivity index (χ1n) is 11.8. The van der Waals surface area contributed by atoms with Gasteiger partial charge in [-0.1, -0.05) is 12.1 Å². The Morgan fingerprint density at radius 2 is 1.68 bits per heavy atom. The fraction of sp³-hybridized carbons (Fsp3) is 0.458. The topological polar surface area (TPSA) is 220 Å². The van der Waals surface area contributed by atoms with Gasteiger partial charge in [-0.2, -0.15) is 11.8 Å². The predicted octanol–water partition coefficient (Wildman–Crippen LogP) is -1.10. The number of aliphatic hydroxyl groups excluding tert-OH is 1. The van der Waals surface area contributed by atoms with Crippen molar-refractivity contribution in [2.45, 2.75) is 56.5 Å². The molecule has 0 radical (unpaired) electrons. The zero-order chi connectivity index (χ0) is 28.2. The minimum absolute atomic E-state index is 0.0247. The van der Waals surface area contributed by atoms with Crippen molar-refractivity contribution >= 4 is 35.5 Å². The highest BCUT2D eigenvalue weighted by atomic mass is 32.2. The summed E-state index contributed by atoms with van der Waals surface area (Å²) < 4.78 is 0. The summed E-state index contributed by atoms with van der Waals surface area (Å²) in [4.78, 5) is 57.1. The number of hydrogen-bond donors (Lipinski definition) is 8. The van der Waals surface area contributed by atoms with Gasteiger partial charge in [0, 0.05) is 18.3 Å².